The van der Waals surface area contributed by atoms with Crippen LogP contribution >= 0.6 is 46.4 Å². The summed E-state index contributed by atoms with van der Waals surface area (Å²) in [7, 11) is 0. The van der Waals surface area contributed by atoms with Crippen molar-refractivity contribution in [2.45, 2.75) is 19.3 Å². The fourth-order valence-corrected chi connectivity index (χ4v) is 6.70. The second-order valence-corrected chi connectivity index (χ2v) is 12.1. The predicted molar refractivity (Wildman–Crippen MR) is 163 cm³/mol. The zero-order valence-corrected chi connectivity index (χ0v) is 23.7. The second kappa shape index (κ2) is 11.8. The molecule has 7 rings (SSSR count). The van der Waals surface area contributed by atoms with E-state index in [2.05, 4.69) is 48.5 Å². The molecule has 0 spiro atoms. The highest BCUT2D eigenvalue weighted by Crippen LogP contribution is 2.17. The molecule has 4 aromatic carbocycles. The Balaban J connectivity index is 0.000000295. The fourth-order valence-electron chi connectivity index (χ4n) is 6.19. The summed E-state index contributed by atoms with van der Waals surface area (Å²) in [6.07, 6.45) is 3.06. The van der Waals surface area contributed by atoms with Gasteiger partial charge in [-0.25, -0.2) is 0 Å². The lowest BCUT2D eigenvalue weighted by atomic mass is 9.13. The highest BCUT2D eigenvalue weighted by Gasteiger charge is 2.32. The second-order valence-electron chi connectivity index (χ2n) is 10.3. The molecule has 0 amide bonds. The standard InChI is InChI=1S/C24H16BCl4.C7H13N/c26-21-9-1-17(2-10-21)25(18-3-11-22(27)12-4-18,19-5-13-23(28)14-6-19)20-7-15-24(29)16-8-20;1-4-8-5-2-7(1)3-6-8/h1-16H;7H,1-6H2/q-1;/p+1. The molecule has 3 saturated heterocycles. The summed E-state index contributed by atoms with van der Waals surface area (Å²) < 4.78 is 0. The molecule has 3 aliphatic heterocycles. The van der Waals surface area contributed by atoms with Gasteiger partial charge in [-0.2, -0.15) is 21.9 Å². The van der Waals surface area contributed by atoms with Gasteiger partial charge < -0.3 is 4.90 Å². The van der Waals surface area contributed by atoms with Crippen molar-refractivity contribution in [3.8, 4) is 0 Å². The molecule has 2 bridgehead atoms. The van der Waals surface area contributed by atoms with Gasteiger partial charge in [0.1, 0.15) is 6.15 Å². The van der Waals surface area contributed by atoms with Crippen LogP contribution in [0, 0.1) is 5.92 Å². The van der Waals surface area contributed by atoms with E-state index >= 15 is 0 Å². The van der Waals surface area contributed by atoms with Crippen LogP contribution in [-0.2, 0) is 0 Å². The predicted octanol–water partition coefficient (Wildman–Crippen LogP) is 5.36. The monoisotopic (exact) mass is 567 g/mol. The third-order valence-electron chi connectivity index (χ3n) is 8.20. The first-order chi connectivity index (χ1) is 17.9. The molecule has 0 radical (unpaired) electrons. The minimum atomic E-state index is -1.51. The Morgan fingerprint density at radius 3 is 0.838 bits per heavy atom. The van der Waals surface area contributed by atoms with E-state index in [1.54, 1.807) is 0 Å². The average molecular weight is 569 g/mol. The van der Waals surface area contributed by atoms with E-state index in [-0.39, 0.29) is 0 Å². The van der Waals surface area contributed by atoms with E-state index in [4.69, 9.17) is 46.4 Å². The van der Waals surface area contributed by atoms with Crippen molar-refractivity contribution in [2.75, 3.05) is 19.6 Å². The van der Waals surface area contributed by atoms with Gasteiger partial charge in [0.2, 0.25) is 0 Å². The van der Waals surface area contributed by atoms with Crippen LogP contribution in [0.15, 0.2) is 97.1 Å². The van der Waals surface area contributed by atoms with Crippen molar-refractivity contribution in [1.29, 1.82) is 0 Å². The summed E-state index contributed by atoms with van der Waals surface area (Å²) in [6.45, 7) is 4.43. The molecule has 4 aromatic rings. The number of quaternary nitrogens is 1. The Bertz CT molecular complexity index is 1090. The van der Waals surface area contributed by atoms with E-state index in [0.717, 1.165) is 27.8 Å². The Morgan fingerprint density at radius 1 is 0.432 bits per heavy atom. The molecular formula is C31H30BCl4N. The van der Waals surface area contributed by atoms with Crippen LogP contribution < -0.4 is 26.8 Å². The summed E-state index contributed by atoms with van der Waals surface area (Å²) in [6, 6.07) is 32.1. The molecule has 3 aliphatic rings. The van der Waals surface area contributed by atoms with Gasteiger partial charge in [-0.1, -0.05) is 94.9 Å². The molecule has 0 saturated carbocycles. The summed E-state index contributed by atoms with van der Waals surface area (Å²) in [5.41, 5.74) is 4.56. The zero-order chi connectivity index (χ0) is 25.8. The molecule has 0 atom stereocenters. The molecular weight excluding hydrogens is 539 g/mol. The Kier molecular flexibility index (Phi) is 8.54. The van der Waals surface area contributed by atoms with Crippen molar-refractivity contribution in [2.24, 2.45) is 5.92 Å². The first-order valence-corrected chi connectivity index (χ1v) is 14.5. The molecule has 37 heavy (non-hydrogen) atoms. The molecule has 0 aliphatic carbocycles. The first kappa shape index (κ1) is 26.7. The van der Waals surface area contributed by atoms with Gasteiger partial charge in [0.25, 0.3) is 0 Å². The number of fused-ring (bicyclic) bond motifs is 3. The number of nitrogens with one attached hydrogen (secondary N) is 1. The Labute approximate surface area is 240 Å². The normalized spacial score (nSPS) is 18.7. The van der Waals surface area contributed by atoms with E-state index in [9.17, 15) is 0 Å². The van der Waals surface area contributed by atoms with E-state index in [1.165, 1.54) is 38.9 Å². The number of rotatable bonds is 4. The summed E-state index contributed by atoms with van der Waals surface area (Å²) >= 11 is 24.9. The van der Waals surface area contributed by atoms with Gasteiger partial charge in [-0.05, 0) is 73.7 Å². The molecule has 6 heteroatoms. The van der Waals surface area contributed by atoms with Crippen molar-refractivity contribution in [3.63, 3.8) is 0 Å². The number of benzene rings is 4. The largest absolute Gasteiger partial charge is 0.335 e. The highest BCUT2D eigenvalue weighted by atomic mass is 35.5. The maximum atomic E-state index is 6.22. The van der Waals surface area contributed by atoms with Gasteiger partial charge in [0.05, 0.1) is 19.6 Å². The van der Waals surface area contributed by atoms with Gasteiger partial charge in [0, 0.05) is 20.1 Å². The highest BCUT2D eigenvalue weighted by molar-refractivity contribution is 7.19. The third kappa shape index (κ3) is 5.90. The van der Waals surface area contributed by atoms with Gasteiger partial charge in [0.15, 0.2) is 0 Å². The fraction of sp³-hybridized carbons (Fsp3) is 0.226. The van der Waals surface area contributed by atoms with Crippen LogP contribution in [0.5, 0.6) is 0 Å². The Morgan fingerprint density at radius 2 is 0.676 bits per heavy atom. The number of halogens is 4. The number of piperidine rings is 3. The maximum absolute atomic E-state index is 6.22. The Hall–Kier alpha value is -1.94. The summed E-state index contributed by atoms with van der Waals surface area (Å²) in [5, 5.41) is 2.78. The molecule has 1 nitrogen and oxygen atoms in total. The summed E-state index contributed by atoms with van der Waals surface area (Å²) in [4.78, 5) is 1.87. The lowest BCUT2D eigenvalue weighted by Crippen LogP contribution is -3.14. The van der Waals surface area contributed by atoms with Crippen molar-refractivity contribution >= 4 is 74.4 Å². The minimum Gasteiger partial charge on any atom is -0.335 e. The van der Waals surface area contributed by atoms with Gasteiger partial charge >= 0.3 is 0 Å². The quantitative estimate of drug-likeness (QED) is 0.316. The molecule has 190 valence electrons. The van der Waals surface area contributed by atoms with Crippen LogP contribution in [0.25, 0.3) is 0 Å². The van der Waals surface area contributed by atoms with Gasteiger partial charge in [-0.3, -0.25) is 0 Å². The molecule has 3 fully saturated rings. The van der Waals surface area contributed by atoms with E-state index in [1.807, 2.05) is 53.4 Å². The smallest absolute Gasteiger partial charge is 0.108 e. The van der Waals surface area contributed by atoms with E-state index < -0.39 is 6.15 Å². The molecule has 1 N–H and O–H groups in total. The summed E-state index contributed by atoms with van der Waals surface area (Å²) in [5.74, 6) is 1.13. The van der Waals surface area contributed by atoms with Crippen LogP contribution in [0.4, 0.5) is 0 Å². The molecule has 3 heterocycles. The van der Waals surface area contributed by atoms with Crippen LogP contribution in [0.1, 0.15) is 19.3 Å². The first-order valence-electron chi connectivity index (χ1n) is 13.0. The molecule has 0 aromatic heterocycles. The van der Waals surface area contributed by atoms with Crippen LogP contribution in [0.3, 0.4) is 0 Å². The average Bonchev–Trinajstić information content (AvgIpc) is 2.94. The SMILES string of the molecule is C1C[NH+]2CCC1CC2.Clc1ccc([B-](c2ccc(Cl)cc2)(c2ccc(Cl)cc2)c2ccc(Cl)cc2)cc1. The van der Waals surface area contributed by atoms with Crippen molar-refractivity contribution in [1.82, 2.24) is 0 Å². The zero-order valence-electron chi connectivity index (χ0n) is 20.6. The van der Waals surface area contributed by atoms with E-state index in [0.29, 0.717) is 20.1 Å². The number of hydrogen-bond acceptors (Lipinski definition) is 0. The lowest BCUT2D eigenvalue weighted by Gasteiger charge is -2.44. The molecule has 0 unspecified atom stereocenters. The third-order valence-corrected chi connectivity index (χ3v) is 9.21. The maximum Gasteiger partial charge on any atom is 0.108 e. The lowest BCUT2D eigenvalue weighted by molar-refractivity contribution is -0.916. The van der Waals surface area contributed by atoms with Crippen molar-refractivity contribution in [3.05, 3.63) is 117 Å². The van der Waals surface area contributed by atoms with Gasteiger partial charge in [-0.15, -0.1) is 0 Å². The number of hydrogen-bond donors (Lipinski definition) is 1. The van der Waals surface area contributed by atoms with Crippen LogP contribution in [0.2, 0.25) is 20.1 Å². The van der Waals surface area contributed by atoms with Crippen molar-refractivity contribution < 1.29 is 4.90 Å². The minimum absolute atomic E-state index is 0.696. The topological polar surface area (TPSA) is 4.44 Å². The van der Waals surface area contributed by atoms with Crippen LogP contribution in [-0.4, -0.2) is 25.8 Å².